The van der Waals surface area contributed by atoms with Gasteiger partial charge in [-0.15, -0.1) is 0 Å². The Morgan fingerprint density at radius 1 is 1.18 bits per heavy atom. The number of aryl methyl sites for hydroxylation is 2. The Morgan fingerprint density at radius 3 is 2.58 bits per heavy atom. The van der Waals surface area contributed by atoms with E-state index < -0.39 is 0 Å². The molecule has 2 saturated heterocycles. The SMILES string of the molecule is CC[C@H]1CN([C@H](C)c2ccc(OC3COC3)c(C)c2)[C@H](CC)CN1c1cc(=O)n(C)c2cn(CC#N)nc12. The van der Waals surface area contributed by atoms with Crippen molar-refractivity contribution in [3.63, 3.8) is 0 Å². The maximum atomic E-state index is 12.9. The lowest BCUT2D eigenvalue weighted by atomic mass is 9.95. The Bertz CT molecular complexity index is 1400. The summed E-state index contributed by atoms with van der Waals surface area (Å²) >= 11 is 0. The summed E-state index contributed by atoms with van der Waals surface area (Å²) in [5.41, 5.74) is 4.78. The third-order valence-corrected chi connectivity index (χ3v) is 8.24. The summed E-state index contributed by atoms with van der Waals surface area (Å²) in [7, 11) is 1.76. The van der Waals surface area contributed by atoms with Crippen LogP contribution in [0.25, 0.3) is 11.0 Å². The lowest BCUT2D eigenvalue weighted by Gasteiger charge is -2.49. The second kappa shape index (κ2) is 10.8. The smallest absolute Gasteiger partial charge is 0.252 e. The van der Waals surface area contributed by atoms with Gasteiger partial charge in [-0.25, -0.2) is 0 Å². The summed E-state index contributed by atoms with van der Waals surface area (Å²) in [5, 5.41) is 13.9. The molecule has 9 heteroatoms. The van der Waals surface area contributed by atoms with Crippen LogP contribution in [-0.4, -0.2) is 63.7 Å². The predicted octanol–water partition coefficient (Wildman–Crippen LogP) is 3.79. The van der Waals surface area contributed by atoms with E-state index in [1.54, 1.807) is 28.6 Å². The fourth-order valence-corrected chi connectivity index (χ4v) is 5.78. The number of benzene rings is 1. The number of pyridine rings is 1. The van der Waals surface area contributed by atoms with Crippen LogP contribution in [0.15, 0.2) is 35.3 Å². The molecule has 2 aliphatic rings. The van der Waals surface area contributed by atoms with E-state index in [4.69, 9.17) is 14.6 Å². The zero-order valence-electron chi connectivity index (χ0n) is 23.1. The molecule has 4 heterocycles. The van der Waals surface area contributed by atoms with E-state index in [1.807, 2.05) is 0 Å². The maximum Gasteiger partial charge on any atom is 0.252 e. The van der Waals surface area contributed by atoms with Crippen molar-refractivity contribution >= 4 is 16.7 Å². The summed E-state index contributed by atoms with van der Waals surface area (Å²) in [4.78, 5) is 17.9. The Hall–Kier alpha value is -3.35. The number of aromatic nitrogens is 3. The van der Waals surface area contributed by atoms with Gasteiger partial charge in [-0.2, -0.15) is 10.4 Å². The number of fused-ring (bicyclic) bond motifs is 1. The predicted molar refractivity (Wildman–Crippen MR) is 148 cm³/mol. The van der Waals surface area contributed by atoms with Crippen molar-refractivity contribution in [1.29, 1.82) is 5.26 Å². The first-order chi connectivity index (χ1) is 18.3. The van der Waals surface area contributed by atoms with Crippen molar-refractivity contribution in [3.05, 3.63) is 51.9 Å². The van der Waals surface area contributed by atoms with Crippen LogP contribution >= 0.6 is 0 Å². The molecule has 0 unspecified atom stereocenters. The van der Waals surface area contributed by atoms with Crippen molar-refractivity contribution in [2.75, 3.05) is 31.2 Å². The van der Waals surface area contributed by atoms with Gasteiger partial charge in [0.05, 0.1) is 36.7 Å². The molecule has 1 aromatic carbocycles. The van der Waals surface area contributed by atoms with Crippen molar-refractivity contribution in [1.82, 2.24) is 19.2 Å². The molecule has 0 bridgehead atoms. The summed E-state index contributed by atoms with van der Waals surface area (Å²) in [6, 6.07) is 11.2. The molecule has 3 atom stereocenters. The average Bonchev–Trinajstić information content (AvgIpc) is 3.32. The highest BCUT2D eigenvalue weighted by atomic mass is 16.6. The number of hydrogen-bond acceptors (Lipinski definition) is 7. The van der Waals surface area contributed by atoms with Crippen molar-refractivity contribution in [2.45, 2.75) is 71.3 Å². The van der Waals surface area contributed by atoms with Gasteiger partial charge in [0.1, 0.15) is 23.9 Å². The fourth-order valence-electron chi connectivity index (χ4n) is 5.78. The highest BCUT2D eigenvalue weighted by Gasteiger charge is 2.36. The maximum absolute atomic E-state index is 12.9. The molecule has 0 aliphatic carbocycles. The molecule has 2 aromatic heterocycles. The third-order valence-electron chi connectivity index (χ3n) is 8.24. The monoisotopic (exact) mass is 518 g/mol. The number of hydrogen-bond donors (Lipinski definition) is 0. The van der Waals surface area contributed by atoms with Crippen LogP contribution in [0, 0.1) is 18.3 Å². The average molecular weight is 519 g/mol. The fraction of sp³-hybridized carbons (Fsp3) is 0.552. The molecule has 9 nitrogen and oxygen atoms in total. The van der Waals surface area contributed by atoms with E-state index in [1.165, 1.54) is 5.56 Å². The van der Waals surface area contributed by atoms with Crippen LogP contribution in [0.1, 0.15) is 50.8 Å². The molecule has 0 radical (unpaired) electrons. The van der Waals surface area contributed by atoms with E-state index in [2.05, 4.69) is 61.8 Å². The molecular weight excluding hydrogens is 480 g/mol. The van der Waals surface area contributed by atoms with Gasteiger partial charge in [-0.05, 0) is 43.9 Å². The zero-order chi connectivity index (χ0) is 27.0. The van der Waals surface area contributed by atoms with Gasteiger partial charge in [-0.1, -0.05) is 26.0 Å². The van der Waals surface area contributed by atoms with Gasteiger partial charge in [0.25, 0.3) is 5.56 Å². The van der Waals surface area contributed by atoms with Crippen LogP contribution in [0.5, 0.6) is 5.75 Å². The molecule has 2 fully saturated rings. The minimum atomic E-state index is -0.0612. The topological polar surface area (TPSA) is 88.5 Å². The Balaban J connectivity index is 1.43. The second-order valence-corrected chi connectivity index (χ2v) is 10.6. The summed E-state index contributed by atoms with van der Waals surface area (Å²) in [6.45, 7) is 12.0. The first kappa shape index (κ1) is 26.3. The Labute approximate surface area is 224 Å². The third kappa shape index (κ3) is 4.79. The van der Waals surface area contributed by atoms with Gasteiger partial charge >= 0.3 is 0 Å². The highest BCUT2D eigenvalue weighted by Crippen LogP contribution is 2.35. The number of rotatable bonds is 8. The number of piperazine rings is 1. The van der Waals surface area contributed by atoms with Gasteiger partial charge < -0.3 is 18.9 Å². The summed E-state index contributed by atoms with van der Waals surface area (Å²) < 4.78 is 14.6. The Morgan fingerprint density at radius 2 is 1.95 bits per heavy atom. The van der Waals surface area contributed by atoms with Crippen LogP contribution in [0.3, 0.4) is 0 Å². The number of ether oxygens (including phenoxy) is 2. The van der Waals surface area contributed by atoms with Gasteiger partial charge in [-0.3, -0.25) is 14.4 Å². The van der Waals surface area contributed by atoms with Crippen molar-refractivity contribution in [3.8, 4) is 11.8 Å². The molecule has 0 saturated carbocycles. The number of anilines is 1. The molecule has 0 N–H and O–H groups in total. The molecule has 0 spiro atoms. The molecule has 202 valence electrons. The zero-order valence-corrected chi connectivity index (χ0v) is 23.1. The van der Waals surface area contributed by atoms with Gasteiger partial charge in [0.15, 0.2) is 0 Å². The van der Waals surface area contributed by atoms with Crippen molar-refractivity contribution in [2.24, 2.45) is 7.05 Å². The van der Waals surface area contributed by atoms with Crippen LogP contribution in [-0.2, 0) is 18.3 Å². The first-order valence-electron chi connectivity index (χ1n) is 13.7. The lowest BCUT2D eigenvalue weighted by Crippen LogP contribution is -2.58. The van der Waals surface area contributed by atoms with E-state index in [0.29, 0.717) is 19.3 Å². The second-order valence-electron chi connectivity index (χ2n) is 10.6. The van der Waals surface area contributed by atoms with E-state index in [-0.39, 0.29) is 30.3 Å². The lowest BCUT2D eigenvalue weighted by molar-refractivity contribution is -0.0799. The van der Waals surface area contributed by atoms with Crippen molar-refractivity contribution < 1.29 is 9.47 Å². The molecule has 0 amide bonds. The molecule has 5 rings (SSSR count). The number of nitriles is 1. The van der Waals surface area contributed by atoms with Crippen LogP contribution in [0.4, 0.5) is 5.69 Å². The normalized spacial score (nSPS) is 21.3. The quantitative estimate of drug-likeness (QED) is 0.448. The summed E-state index contributed by atoms with van der Waals surface area (Å²) in [5.74, 6) is 0.933. The molecular formula is C29H38N6O3. The minimum Gasteiger partial charge on any atom is -0.485 e. The minimum absolute atomic E-state index is 0.0612. The van der Waals surface area contributed by atoms with Gasteiger partial charge in [0, 0.05) is 44.3 Å². The summed E-state index contributed by atoms with van der Waals surface area (Å²) in [6.07, 6.45) is 3.90. The number of nitrogens with zero attached hydrogens (tertiary/aromatic N) is 6. The van der Waals surface area contributed by atoms with Gasteiger partial charge in [0.2, 0.25) is 0 Å². The van der Waals surface area contributed by atoms with Crippen LogP contribution in [0.2, 0.25) is 0 Å². The largest absolute Gasteiger partial charge is 0.485 e. The highest BCUT2D eigenvalue weighted by molar-refractivity contribution is 5.88. The molecule has 3 aromatic rings. The van der Waals surface area contributed by atoms with Crippen LogP contribution < -0.4 is 15.2 Å². The standard InChI is InChI=1S/C29H38N6O3/c1-6-22-15-35(25-13-28(36)32(5)26-16-33(11-10-30)31-29(25)26)23(7-2)14-34(22)20(4)21-8-9-27(19(3)12-21)38-24-17-37-18-24/h8-9,12-13,16,20,22-24H,6-7,11,14-15,17-18H2,1-5H3/t20-,22-,23+/m1/s1. The molecule has 38 heavy (non-hydrogen) atoms. The Kier molecular flexibility index (Phi) is 7.46. The van der Waals surface area contributed by atoms with E-state index in [0.717, 1.165) is 54.0 Å². The first-order valence-corrected chi connectivity index (χ1v) is 13.7. The van der Waals surface area contributed by atoms with E-state index in [9.17, 15) is 10.1 Å². The van der Waals surface area contributed by atoms with E-state index >= 15 is 0 Å². The molecule has 2 aliphatic heterocycles.